The average Bonchev–Trinajstić information content (AvgIpc) is 3.38. The second-order valence-electron chi connectivity index (χ2n) is 7.41. The summed E-state index contributed by atoms with van der Waals surface area (Å²) in [5.41, 5.74) is 2.36. The maximum Gasteiger partial charge on any atom is 0.191 e. The first-order valence-electron chi connectivity index (χ1n) is 10.6. The van der Waals surface area contributed by atoms with E-state index in [1.54, 1.807) is 0 Å². The third-order valence-electron chi connectivity index (χ3n) is 5.70. The molecule has 1 unspecified atom stereocenters. The Kier molecular flexibility index (Phi) is 8.05. The van der Waals surface area contributed by atoms with Gasteiger partial charge in [0.1, 0.15) is 5.76 Å². The van der Waals surface area contributed by atoms with Gasteiger partial charge in [-0.15, -0.1) is 0 Å². The molecule has 2 fully saturated rings. The van der Waals surface area contributed by atoms with Gasteiger partial charge in [0.2, 0.25) is 0 Å². The lowest BCUT2D eigenvalue weighted by Gasteiger charge is -2.43. The number of nitrogens with one attached hydrogen (secondary N) is 2. The third-order valence-corrected chi connectivity index (χ3v) is 6.93. The molecular weight excluding hydrogens is 374 g/mol. The van der Waals surface area contributed by atoms with Crippen molar-refractivity contribution in [1.82, 2.24) is 20.7 Å². The lowest BCUT2D eigenvalue weighted by atomic mass is 9.95. The van der Waals surface area contributed by atoms with Crippen LogP contribution in [0.3, 0.4) is 0 Å². The highest BCUT2D eigenvalue weighted by atomic mass is 32.2. The molecule has 28 heavy (non-hydrogen) atoms. The first-order chi connectivity index (χ1) is 13.7. The molecular formula is C20H35N5O2S. The van der Waals surface area contributed by atoms with Crippen LogP contribution in [0, 0.1) is 0 Å². The summed E-state index contributed by atoms with van der Waals surface area (Å²) in [4.78, 5) is 7.48. The Labute approximate surface area is 173 Å². The fraction of sp³-hybridized carbons (Fsp3) is 0.800. The molecule has 0 bridgehead atoms. The second kappa shape index (κ2) is 10.5. The molecule has 0 radical (unpaired) electrons. The molecule has 0 aromatic carbocycles. The number of morpholine rings is 1. The lowest BCUT2D eigenvalue weighted by Crippen LogP contribution is -2.60. The Hall–Kier alpha value is -1.25. The van der Waals surface area contributed by atoms with Crippen LogP contribution in [-0.2, 0) is 24.1 Å². The number of thioether (sulfide) groups is 1. The number of hydrogen-bond acceptors (Lipinski definition) is 6. The topological polar surface area (TPSA) is 74.9 Å². The van der Waals surface area contributed by atoms with Crippen LogP contribution in [0.2, 0.25) is 0 Å². The smallest absolute Gasteiger partial charge is 0.191 e. The van der Waals surface area contributed by atoms with Gasteiger partial charge in [0.15, 0.2) is 5.96 Å². The van der Waals surface area contributed by atoms with E-state index in [4.69, 9.17) is 14.3 Å². The standard InChI is InChI=1S/C20H35N5O2S/c1-4-17-16(18(5-2)27-24-17)13-22-19(21-6-3)23-14-20(7-12-28-15-20)25-8-10-26-11-9-25/h4-15H2,1-3H3,(H2,21,22,23). The number of ether oxygens (including phenoxy) is 1. The number of nitrogens with zero attached hydrogens (tertiary/aromatic N) is 3. The van der Waals surface area contributed by atoms with Crippen LogP contribution in [0.4, 0.5) is 0 Å². The zero-order chi connectivity index (χ0) is 19.8. The van der Waals surface area contributed by atoms with E-state index in [-0.39, 0.29) is 5.54 Å². The highest BCUT2D eigenvalue weighted by molar-refractivity contribution is 7.99. The first kappa shape index (κ1) is 21.5. The summed E-state index contributed by atoms with van der Waals surface area (Å²) < 4.78 is 11.1. The minimum atomic E-state index is 0.199. The molecule has 7 nitrogen and oxygen atoms in total. The number of aromatic nitrogens is 1. The maximum atomic E-state index is 5.57. The summed E-state index contributed by atoms with van der Waals surface area (Å²) in [6.45, 7) is 12.4. The van der Waals surface area contributed by atoms with Crippen molar-refractivity contribution in [2.45, 2.75) is 52.1 Å². The fourth-order valence-corrected chi connectivity index (χ4v) is 5.48. The van der Waals surface area contributed by atoms with E-state index < -0.39 is 0 Å². The summed E-state index contributed by atoms with van der Waals surface area (Å²) >= 11 is 2.06. The van der Waals surface area contributed by atoms with Crippen LogP contribution in [-0.4, -0.2) is 72.5 Å². The minimum Gasteiger partial charge on any atom is -0.379 e. The quantitative estimate of drug-likeness (QED) is 0.503. The van der Waals surface area contributed by atoms with E-state index in [0.29, 0.717) is 6.54 Å². The van der Waals surface area contributed by atoms with Gasteiger partial charge in [-0.3, -0.25) is 4.90 Å². The van der Waals surface area contributed by atoms with E-state index in [9.17, 15) is 0 Å². The van der Waals surface area contributed by atoms with Crippen LogP contribution in [0.1, 0.15) is 44.2 Å². The zero-order valence-electron chi connectivity index (χ0n) is 17.6. The van der Waals surface area contributed by atoms with Gasteiger partial charge in [0, 0.05) is 49.5 Å². The summed E-state index contributed by atoms with van der Waals surface area (Å²) in [7, 11) is 0. The largest absolute Gasteiger partial charge is 0.379 e. The zero-order valence-corrected chi connectivity index (χ0v) is 18.4. The van der Waals surface area contributed by atoms with Crippen molar-refractivity contribution < 1.29 is 9.26 Å². The van der Waals surface area contributed by atoms with Crippen LogP contribution in [0.25, 0.3) is 0 Å². The van der Waals surface area contributed by atoms with E-state index in [1.165, 1.54) is 17.9 Å². The molecule has 0 saturated carbocycles. The predicted molar refractivity (Wildman–Crippen MR) is 115 cm³/mol. The first-order valence-corrected chi connectivity index (χ1v) is 11.8. The Morgan fingerprint density at radius 3 is 2.68 bits per heavy atom. The fourth-order valence-electron chi connectivity index (χ4n) is 4.00. The molecule has 158 valence electrons. The van der Waals surface area contributed by atoms with E-state index in [2.05, 4.69) is 53.2 Å². The molecule has 0 aliphatic carbocycles. The molecule has 8 heteroatoms. The lowest BCUT2D eigenvalue weighted by molar-refractivity contribution is -0.0120. The van der Waals surface area contributed by atoms with Gasteiger partial charge < -0.3 is 19.9 Å². The van der Waals surface area contributed by atoms with Crippen molar-refractivity contribution in [3.8, 4) is 0 Å². The SMILES string of the molecule is CCNC(=NCc1c(CC)noc1CC)NCC1(N2CCOCC2)CCSC1. The summed E-state index contributed by atoms with van der Waals surface area (Å²) in [6, 6.07) is 0. The van der Waals surface area contributed by atoms with Crippen LogP contribution < -0.4 is 10.6 Å². The van der Waals surface area contributed by atoms with Crippen LogP contribution >= 0.6 is 11.8 Å². The van der Waals surface area contributed by atoms with Gasteiger partial charge in [-0.25, -0.2) is 4.99 Å². The molecule has 3 rings (SSSR count). The summed E-state index contributed by atoms with van der Waals surface area (Å²) in [5.74, 6) is 4.23. The molecule has 1 aromatic heterocycles. The Bertz CT molecular complexity index is 615. The average molecular weight is 410 g/mol. The van der Waals surface area contributed by atoms with Gasteiger partial charge >= 0.3 is 0 Å². The van der Waals surface area contributed by atoms with Gasteiger partial charge in [0.05, 0.1) is 25.5 Å². The normalized spacial score (nSPS) is 23.9. The molecule has 2 aliphatic rings. The Morgan fingerprint density at radius 2 is 2.04 bits per heavy atom. The second-order valence-corrected chi connectivity index (χ2v) is 8.52. The molecule has 1 aromatic rings. The predicted octanol–water partition coefficient (Wildman–Crippen LogP) is 2.06. The molecule has 0 amide bonds. The molecule has 2 saturated heterocycles. The highest BCUT2D eigenvalue weighted by Gasteiger charge is 2.40. The van der Waals surface area contributed by atoms with Gasteiger partial charge in [-0.05, 0) is 25.5 Å². The van der Waals surface area contributed by atoms with E-state index >= 15 is 0 Å². The molecule has 0 spiro atoms. The van der Waals surface area contributed by atoms with Crippen molar-refractivity contribution in [2.75, 3.05) is 50.9 Å². The number of hydrogen-bond donors (Lipinski definition) is 2. The van der Waals surface area contributed by atoms with Gasteiger partial charge in [-0.1, -0.05) is 19.0 Å². The van der Waals surface area contributed by atoms with Gasteiger partial charge in [0.25, 0.3) is 0 Å². The molecule has 3 heterocycles. The van der Waals surface area contributed by atoms with Crippen molar-refractivity contribution >= 4 is 17.7 Å². The third kappa shape index (κ3) is 5.02. The van der Waals surface area contributed by atoms with Crippen LogP contribution in [0.5, 0.6) is 0 Å². The monoisotopic (exact) mass is 409 g/mol. The number of guanidine groups is 1. The van der Waals surface area contributed by atoms with Gasteiger partial charge in [-0.2, -0.15) is 11.8 Å². The molecule has 1 atom stereocenters. The van der Waals surface area contributed by atoms with E-state index in [1.807, 2.05) is 0 Å². The van der Waals surface area contributed by atoms with Crippen molar-refractivity contribution in [3.63, 3.8) is 0 Å². The van der Waals surface area contributed by atoms with E-state index in [0.717, 1.165) is 75.2 Å². The van der Waals surface area contributed by atoms with Crippen molar-refractivity contribution in [3.05, 3.63) is 17.0 Å². The summed E-state index contributed by atoms with van der Waals surface area (Å²) in [5, 5.41) is 11.2. The number of rotatable bonds is 8. The molecule has 2 N–H and O–H groups in total. The maximum absolute atomic E-state index is 5.57. The Balaban J connectivity index is 1.68. The minimum absolute atomic E-state index is 0.199. The highest BCUT2D eigenvalue weighted by Crippen LogP contribution is 2.33. The number of aliphatic imine (C=N–C) groups is 1. The number of aryl methyl sites for hydroxylation is 2. The van der Waals surface area contributed by atoms with Crippen LogP contribution in [0.15, 0.2) is 9.52 Å². The van der Waals surface area contributed by atoms with Crippen molar-refractivity contribution in [1.29, 1.82) is 0 Å². The van der Waals surface area contributed by atoms with Crippen molar-refractivity contribution in [2.24, 2.45) is 4.99 Å². The molecule has 2 aliphatic heterocycles. The summed E-state index contributed by atoms with van der Waals surface area (Å²) in [6.07, 6.45) is 2.94. The Morgan fingerprint density at radius 1 is 1.21 bits per heavy atom.